The molecule has 8 heteroatoms. The van der Waals surface area contributed by atoms with Gasteiger partial charge in [-0.1, -0.05) is 12.1 Å². The summed E-state index contributed by atoms with van der Waals surface area (Å²) in [5.41, 5.74) is 0.941. The Labute approximate surface area is 151 Å². The number of carbonyl (C=O) groups is 1. The summed E-state index contributed by atoms with van der Waals surface area (Å²) in [5.74, 6) is 2.10. The predicted octanol–water partition coefficient (Wildman–Crippen LogP) is 1.44. The van der Waals surface area contributed by atoms with Crippen molar-refractivity contribution >= 4 is 11.7 Å². The van der Waals surface area contributed by atoms with Crippen LogP contribution in [-0.2, 0) is 11.2 Å². The van der Waals surface area contributed by atoms with Crippen molar-refractivity contribution in [2.45, 2.75) is 6.42 Å². The van der Waals surface area contributed by atoms with Gasteiger partial charge < -0.3 is 15.4 Å². The van der Waals surface area contributed by atoms with Crippen molar-refractivity contribution < 1.29 is 9.53 Å². The van der Waals surface area contributed by atoms with Gasteiger partial charge in [-0.15, -0.1) is 0 Å². The Kier molecular flexibility index (Phi) is 5.76. The van der Waals surface area contributed by atoms with Crippen molar-refractivity contribution in [3.05, 3.63) is 60.7 Å². The first-order valence-corrected chi connectivity index (χ1v) is 8.20. The lowest BCUT2D eigenvalue weighted by Crippen LogP contribution is -2.30. The molecule has 0 aliphatic carbocycles. The number of rotatable bonds is 8. The molecule has 8 nitrogen and oxygen atoms in total. The van der Waals surface area contributed by atoms with E-state index in [-0.39, 0.29) is 5.91 Å². The minimum Gasteiger partial charge on any atom is -0.497 e. The van der Waals surface area contributed by atoms with Gasteiger partial charge in [-0.3, -0.25) is 4.79 Å². The van der Waals surface area contributed by atoms with Crippen molar-refractivity contribution in [1.82, 2.24) is 25.1 Å². The van der Waals surface area contributed by atoms with Crippen LogP contribution in [0.5, 0.6) is 5.75 Å². The highest BCUT2D eigenvalue weighted by Crippen LogP contribution is 2.11. The van der Waals surface area contributed by atoms with Crippen LogP contribution in [0, 0.1) is 0 Å². The van der Waals surface area contributed by atoms with E-state index in [2.05, 4.69) is 25.7 Å². The smallest absolute Gasteiger partial charge is 0.224 e. The average Bonchev–Trinajstić information content (AvgIpc) is 3.21. The molecule has 26 heavy (non-hydrogen) atoms. The zero-order valence-electron chi connectivity index (χ0n) is 14.4. The van der Waals surface area contributed by atoms with Gasteiger partial charge in [0.1, 0.15) is 17.9 Å². The van der Waals surface area contributed by atoms with Crippen molar-refractivity contribution in [3.63, 3.8) is 0 Å². The maximum atomic E-state index is 12.0. The summed E-state index contributed by atoms with van der Waals surface area (Å²) in [6.45, 7) is 1.06. The molecule has 3 aromatic rings. The first-order chi connectivity index (χ1) is 12.7. The molecule has 2 aromatic heterocycles. The molecule has 0 saturated carbocycles. The predicted molar refractivity (Wildman–Crippen MR) is 97.4 cm³/mol. The van der Waals surface area contributed by atoms with Gasteiger partial charge in [0.25, 0.3) is 0 Å². The molecule has 0 spiro atoms. The molecule has 134 valence electrons. The van der Waals surface area contributed by atoms with Crippen molar-refractivity contribution in [2.75, 3.05) is 25.5 Å². The van der Waals surface area contributed by atoms with E-state index in [0.717, 1.165) is 11.3 Å². The molecule has 0 unspecified atom stereocenters. The maximum Gasteiger partial charge on any atom is 0.224 e. The van der Waals surface area contributed by atoms with Crippen LogP contribution in [-0.4, -0.2) is 45.9 Å². The van der Waals surface area contributed by atoms with E-state index < -0.39 is 0 Å². The summed E-state index contributed by atoms with van der Waals surface area (Å²) in [6.07, 6.45) is 5.31. The molecular formula is C18H20N6O2. The second-order valence-corrected chi connectivity index (χ2v) is 5.51. The third kappa shape index (κ3) is 4.79. The van der Waals surface area contributed by atoms with Crippen LogP contribution in [0.25, 0.3) is 5.82 Å². The normalized spacial score (nSPS) is 10.3. The highest BCUT2D eigenvalue weighted by Gasteiger charge is 2.04. The Morgan fingerprint density at radius 3 is 2.77 bits per heavy atom. The van der Waals surface area contributed by atoms with Gasteiger partial charge in [0.15, 0.2) is 5.82 Å². The Morgan fingerprint density at radius 1 is 1.19 bits per heavy atom. The fourth-order valence-electron chi connectivity index (χ4n) is 2.36. The molecule has 0 atom stereocenters. The van der Waals surface area contributed by atoms with E-state index in [9.17, 15) is 4.79 Å². The second kappa shape index (κ2) is 8.61. The summed E-state index contributed by atoms with van der Waals surface area (Å²) in [5, 5.41) is 10.2. The molecule has 3 rings (SSSR count). The molecule has 0 bridgehead atoms. The first kappa shape index (κ1) is 17.4. The van der Waals surface area contributed by atoms with Crippen molar-refractivity contribution in [3.8, 4) is 11.6 Å². The minimum absolute atomic E-state index is 0.0307. The lowest BCUT2D eigenvalue weighted by Gasteiger charge is -2.09. The Bertz CT molecular complexity index is 833. The number of methoxy groups -OCH3 is 1. The minimum atomic E-state index is -0.0307. The number of ether oxygens (including phenoxy) is 1. The molecule has 0 radical (unpaired) electrons. The van der Waals surface area contributed by atoms with Crippen molar-refractivity contribution in [1.29, 1.82) is 0 Å². The highest BCUT2D eigenvalue weighted by molar-refractivity contribution is 5.78. The number of nitrogens with zero attached hydrogens (tertiary/aromatic N) is 4. The molecule has 1 aromatic carbocycles. The second-order valence-electron chi connectivity index (χ2n) is 5.51. The van der Waals surface area contributed by atoms with Crippen LogP contribution in [0.4, 0.5) is 5.82 Å². The Balaban J connectivity index is 1.42. The zero-order chi connectivity index (χ0) is 18.2. The van der Waals surface area contributed by atoms with Gasteiger partial charge in [0.2, 0.25) is 5.91 Å². The van der Waals surface area contributed by atoms with E-state index in [1.807, 2.05) is 36.5 Å². The van der Waals surface area contributed by atoms with Crippen LogP contribution < -0.4 is 15.4 Å². The molecule has 0 aliphatic heterocycles. The molecule has 0 saturated heterocycles. The summed E-state index contributed by atoms with van der Waals surface area (Å²) in [6, 6.07) is 11.1. The number of nitrogens with one attached hydrogen (secondary N) is 2. The van der Waals surface area contributed by atoms with Gasteiger partial charge in [-0.25, -0.2) is 14.6 Å². The summed E-state index contributed by atoms with van der Waals surface area (Å²) < 4.78 is 6.76. The van der Waals surface area contributed by atoms with Crippen LogP contribution in [0.1, 0.15) is 5.56 Å². The third-order valence-corrected chi connectivity index (χ3v) is 3.67. The van der Waals surface area contributed by atoms with E-state index >= 15 is 0 Å². The monoisotopic (exact) mass is 352 g/mol. The summed E-state index contributed by atoms with van der Waals surface area (Å²) in [4.78, 5) is 20.3. The third-order valence-electron chi connectivity index (χ3n) is 3.67. The quantitative estimate of drug-likeness (QED) is 0.596. The van der Waals surface area contributed by atoms with Crippen LogP contribution in [0.15, 0.2) is 55.1 Å². The van der Waals surface area contributed by atoms with E-state index in [0.29, 0.717) is 31.1 Å². The lowest BCUT2D eigenvalue weighted by molar-refractivity contribution is -0.120. The van der Waals surface area contributed by atoms with Gasteiger partial charge in [0, 0.05) is 31.5 Å². The number of hydrogen-bond acceptors (Lipinski definition) is 6. The Morgan fingerprint density at radius 2 is 2.04 bits per heavy atom. The first-order valence-electron chi connectivity index (χ1n) is 8.20. The molecule has 2 heterocycles. The van der Waals surface area contributed by atoms with E-state index in [1.165, 1.54) is 6.33 Å². The number of carbonyl (C=O) groups excluding carboxylic acids is 1. The zero-order valence-corrected chi connectivity index (χ0v) is 14.4. The van der Waals surface area contributed by atoms with Crippen LogP contribution in [0.2, 0.25) is 0 Å². The highest BCUT2D eigenvalue weighted by atomic mass is 16.5. The van der Waals surface area contributed by atoms with Gasteiger partial charge in [-0.05, 0) is 23.8 Å². The largest absolute Gasteiger partial charge is 0.497 e. The summed E-state index contributed by atoms with van der Waals surface area (Å²) in [7, 11) is 1.62. The van der Waals surface area contributed by atoms with Crippen LogP contribution in [0.3, 0.4) is 0 Å². The summed E-state index contributed by atoms with van der Waals surface area (Å²) >= 11 is 0. The molecular weight excluding hydrogens is 332 g/mol. The number of aromatic nitrogens is 4. The average molecular weight is 352 g/mol. The molecule has 0 aliphatic rings. The molecule has 1 amide bonds. The lowest BCUT2D eigenvalue weighted by atomic mass is 10.1. The Hall–Kier alpha value is -3.42. The standard InChI is InChI=1S/C18H20N6O2/c1-26-15-5-3-14(4-6-15)11-18(25)20-9-8-19-16-12-17(22-13-21-16)24-10-2-7-23-24/h2-7,10,12-13H,8-9,11H2,1H3,(H,20,25)(H,19,21,22). The number of hydrogen-bond donors (Lipinski definition) is 2. The molecule has 2 N–H and O–H groups in total. The SMILES string of the molecule is COc1ccc(CC(=O)NCCNc2cc(-n3cccn3)ncn2)cc1. The fraction of sp³-hybridized carbons (Fsp3) is 0.222. The van der Waals surface area contributed by atoms with Gasteiger partial charge >= 0.3 is 0 Å². The molecule has 0 fully saturated rings. The van der Waals surface area contributed by atoms with Crippen molar-refractivity contribution in [2.24, 2.45) is 0 Å². The fourth-order valence-corrected chi connectivity index (χ4v) is 2.36. The van der Waals surface area contributed by atoms with Gasteiger partial charge in [0.05, 0.1) is 13.5 Å². The number of benzene rings is 1. The van der Waals surface area contributed by atoms with Gasteiger partial charge in [-0.2, -0.15) is 5.10 Å². The van der Waals surface area contributed by atoms with E-state index in [4.69, 9.17) is 4.74 Å². The van der Waals surface area contributed by atoms with E-state index in [1.54, 1.807) is 24.1 Å². The topological polar surface area (TPSA) is 94.0 Å². The maximum absolute atomic E-state index is 12.0. The number of anilines is 1. The van der Waals surface area contributed by atoms with Crippen LogP contribution >= 0.6 is 0 Å². The number of amides is 1.